The van der Waals surface area contributed by atoms with Crippen molar-refractivity contribution in [2.45, 2.75) is 50.4 Å². The average Bonchev–Trinajstić information content (AvgIpc) is 3.67. The number of anilines is 1. The number of alkyl halides is 1. The number of fused-ring (bicyclic) bond motifs is 3. The molecule has 5 heterocycles. The summed E-state index contributed by atoms with van der Waals surface area (Å²) < 4.78 is 37.2. The van der Waals surface area contributed by atoms with Crippen LogP contribution in [0.4, 0.5) is 14.6 Å². The van der Waals surface area contributed by atoms with E-state index in [9.17, 15) is 9.65 Å². The molecule has 3 saturated heterocycles. The molecule has 4 aromatic rings. The second-order valence-corrected chi connectivity index (χ2v) is 11.6. The first-order valence-corrected chi connectivity index (χ1v) is 14.3. The van der Waals surface area contributed by atoms with Crippen molar-refractivity contribution in [1.29, 1.82) is 5.26 Å². The molecule has 41 heavy (non-hydrogen) atoms. The van der Waals surface area contributed by atoms with Gasteiger partial charge in [-0.2, -0.15) is 20.3 Å². The Kier molecular flexibility index (Phi) is 6.47. The number of aromatic nitrogens is 4. The van der Waals surface area contributed by atoms with Gasteiger partial charge in [0.1, 0.15) is 24.1 Å². The van der Waals surface area contributed by atoms with E-state index in [0.717, 1.165) is 41.4 Å². The molecule has 11 heteroatoms. The minimum absolute atomic E-state index is 0.0282. The normalized spacial score (nSPS) is 24.7. The molecule has 212 valence electrons. The molecule has 0 bridgehead atoms. The molecular formula is C30H32F2N8O. The average molecular weight is 559 g/mol. The van der Waals surface area contributed by atoms with Crippen LogP contribution in [0.1, 0.15) is 31.2 Å². The van der Waals surface area contributed by atoms with Crippen LogP contribution in [0, 0.1) is 24.1 Å². The summed E-state index contributed by atoms with van der Waals surface area (Å²) >= 11 is 0. The van der Waals surface area contributed by atoms with Crippen LogP contribution in [0.5, 0.6) is 6.01 Å². The van der Waals surface area contributed by atoms with Crippen molar-refractivity contribution in [3.8, 4) is 23.2 Å². The van der Waals surface area contributed by atoms with Gasteiger partial charge in [0.15, 0.2) is 5.82 Å². The Bertz CT molecular complexity index is 1670. The van der Waals surface area contributed by atoms with Crippen LogP contribution in [0.2, 0.25) is 0 Å². The van der Waals surface area contributed by atoms with Crippen molar-refractivity contribution < 1.29 is 13.5 Å². The molecule has 1 unspecified atom stereocenters. The number of nitrogens with zero attached hydrogens (tertiary/aromatic N) is 6. The number of hydrogen-bond acceptors (Lipinski definition) is 8. The molecular weight excluding hydrogens is 526 g/mol. The van der Waals surface area contributed by atoms with E-state index in [0.29, 0.717) is 55.8 Å². The number of piperazine rings is 1. The summed E-state index contributed by atoms with van der Waals surface area (Å²) in [6.45, 7) is 5.35. The zero-order valence-corrected chi connectivity index (χ0v) is 23.0. The molecule has 3 atom stereocenters. The van der Waals surface area contributed by atoms with E-state index in [1.807, 2.05) is 25.1 Å². The maximum absolute atomic E-state index is 16.6. The Balaban J connectivity index is 1.33. The summed E-state index contributed by atoms with van der Waals surface area (Å²) in [6, 6.07) is 9.83. The van der Waals surface area contributed by atoms with E-state index in [4.69, 9.17) is 9.72 Å². The lowest BCUT2D eigenvalue weighted by Gasteiger charge is -2.34. The van der Waals surface area contributed by atoms with E-state index in [1.165, 1.54) is 0 Å². The van der Waals surface area contributed by atoms with Crippen LogP contribution in [0.3, 0.4) is 0 Å². The van der Waals surface area contributed by atoms with Crippen LogP contribution in [0.25, 0.3) is 32.9 Å². The Morgan fingerprint density at radius 2 is 2.07 bits per heavy atom. The van der Waals surface area contributed by atoms with Gasteiger partial charge in [-0.1, -0.05) is 12.1 Å². The first-order valence-electron chi connectivity index (χ1n) is 14.3. The lowest BCUT2D eigenvalue weighted by Crippen LogP contribution is -2.51. The summed E-state index contributed by atoms with van der Waals surface area (Å²) in [5.74, 6) is 0.121. The lowest BCUT2D eigenvalue weighted by atomic mass is 9.95. The zero-order valence-electron chi connectivity index (χ0n) is 23.0. The van der Waals surface area contributed by atoms with Gasteiger partial charge >= 0.3 is 6.01 Å². The Hall–Kier alpha value is -3.88. The first-order chi connectivity index (χ1) is 20.0. The summed E-state index contributed by atoms with van der Waals surface area (Å²) in [7, 11) is 0. The van der Waals surface area contributed by atoms with Crippen molar-refractivity contribution in [3.05, 3.63) is 41.8 Å². The highest BCUT2D eigenvalue weighted by atomic mass is 19.1. The fourth-order valence-electron chi connectivity index (χ4n) is 7.02. The van der Waals surface area contributed by atoms with Gasteiger partial charge in [0.05, 0.1) is 29.7 Å². The molecule has 2 aromatic heterocycles. The standard InChI is InChI=1S/C30H32F2N8O/c1-18-3-6-24-23(14-35-38-24)25(18)21-4-5-22-27(26(21)32)36-29(37-28(22)39-12-10-34-20(16-39)7-9-33)41-17-30-8-2-11-40(30)15-19(31)13-30/h3-6,14,19-20,34H,2,7-8,10-13,15-17H2,1H3,(H,35,38)/t19?,20-,30-/m0/s1. The molecule has 0 saturated carbocycles. The topological polar surface area (TPSA) is 106 Å². The Morgan fingerprint density at radius 1 is 1.17 bits per heavy atom. The molecule has 0 radical (unpaired) electrons. The van der Waals surface area contributed by atoms with Gasteiger partial charge < -0.3 is 15.0 Å². The predicted octanol–water partition coefficient (Wildman–Crippen LogP) is 4.27. The molecule has 0 amide bonds. The van der Waals surface area contributed by atoms with E-state index in [2.05, 4.69) is 36.4 Å². The maximum atomic E-state index is 16.6. The van der Waals surface area contributed by atoms with E-state index < -0.39 is 12.0 Å². The van der Waals surface area contributed by atoms with Gasteiger partial charge in [0, 0.05) is 55.0 Å². The maximum Gasteiger partial charge on any atom is 0.319 e. The van der Waals surface area contributed by atoms with E-state index in [-0.39, 0.29) is 29.7 Å². The minimum atomic E-state index is -0.876. The quantitative estimate of drug-likeness (QED) is 0.362. The van der Waals surface area contributed by atoms with Gasteiger partial charge in [-0.3, -0.25) is 10.00 Å². The Morgan fingerprint density at radius 3 is 2.95 bits per heavy atom. The van der Waals surface area contributed by atoms with Crippen molar-refractivity contribution in [2.75, 3.05) is 44.2 Å². The van der Waals surface area contributed by atoms with Gasteiger partial charge in [-0.15, -0.1) is 0 Å². The third-order valence-electron chi connectivity index (χ3n) is 8.99. The summed E-state index contributed by atoms with van der Waals surface area (Å²) in [6.07, 6.45) is 3.47. The predicted molar refractivity (Wildman–Crippen MR) is 152 cm³/mol. The first kappa shape index (κ1) is 26.0. The molecule has 2 aromatic carbocycles. The second kappa shape index (κ2) is 10.2. The number of H-pyrrole nitrogens is 1. The fraction of sp³-hybridized carbons (Fsp3) is 0.467. The number of nitriles is 1. The van der Waals surface area contributed by atoms with E-state index in [1.54, 1.807) is 12.3 Å². The SMILES string of the molecule is Cc1ccc2[nH]ncc2c1-c1ccc2c(N3CCN[C@@H](CC#N)C3)nc(OC[C@@]34CCCN3CC(F)C4)nc2c1F. The van der Waals surface area contributed by atoms with Crippen molar-refractivity contribution >= 4 is 27.6 Å². The van der Waals surface area contributed by atoms with Crippen molar-refractivity contribution in [1.82, 2.24) is 30.4 Å². The molecule has 3 aliphatic heterocycles. The highest BCUT2D eigenvalue weighted by Gasteiger charge is 2.49. The smallest absolute Gasteiger partial charge is 0.319 e. The molecule has 2 N–H and O–H groups in total. The number of halogens is 2. The number of rotatable bonds is 6. The summed E-state index contributed by atoms with van der Waals surface area (Å²) in [5.41, 5.74) is 2.73. The lowest BCUT2D eigenvalue weighted by molar-refractivity contribution is 0.107. The van der Waals surface area contributed by atoms with Gasteiger partial charge in [-0.25, -0.2) is 8.78 Å². The fourth-order valence-corrected chi connectivity index (χ4v) is 7.02. The molecule has 0 aliphatic carbocycles. The van der Waals surface area contributed by atoms with Crippen LogP contribution in [0.15, 0.2) is 30.5 Å². The number of hydrogen-bond donors (Lipinski definition) is 2. The van der Waals surface area contributed by atoms with Gasteiger partial charge in [0.2, 0.25) is 0 Å². The van der Waals surface area contributed by atoms with Crippen LogP contribution in [-0.4, -0.2) is 82.1 Å². The van der Waals surface area contributed by atoms with Crippen molar-refractivity contribution in [2.24, 2.45) is 0 Å². The number of nitrogens with one attached hydrogen (secondary N) is 2. The highest BCUT2D eigenvalue weighted by molar-refractivity contribution is 6.00. The van der Waals surface area contributed by atoms with Gasteiger partial charge in [0.25, 0.3) is 0 Å². The van der Waals surface area contributed by atoms with Gasteiger partial charge in [-0.05, 0) is 49.6 Å². The van der Waals surface area contributed by atoms with Crippen LogP contribution in [-0.2, 0) is 0 Å². The molecule has 0 spiro atoms. The van der Waals surface area contributed by atoms with Crippen molar-refractivity contribution in [3.63, 3.8) is 0 Å². The molecule has 3 aliphatic rings. The highest BCUT2D eigenvalue weighted by Crippen LogP contribution is 2.41. The minimum Gasteiger partial charge on any atom is -0.461 e. The monoisotopic (exact) mass is 558 g/mol. The van der Waals surface area contributed by atoms with Crippen LogP contribution >= 0.6 is 0 Å². The van der Waals surface area contributed by atoms with Crippen LogP contribution < -0.4 is 15.0 Å². The Labute approximate surface area is 236 Å². The molecule has 9 nitrogen and oxygen atoms in total. The number of aryl methyl sites for hydroxylation is 1. The second-order valence-electron chi connectivity index (χ2n) is 11.6. The number of aromatic amines is 1. The number of ether oxygens (including phenoxy) is 1. The summed E-state index contributed by atoms with van der Waals surface area (Å²) in [5, 5.41) is 21.2. The summed E-state index contributed by atoms with van der Waals surface area (Å²) in [4.78, 5) is 13.7. The molecule has 7 rings (SSSR count). The van der Waals surface area contributed by atoms with E-state index >= 15 is 4.39 Å². The largest absolute Gasteiger partial charge is 0.461 e. The number of benzene rings is 2. The third-order valence-corrected chi connectivity index (χ3v) is 8.99. The molecule has 3 fully saturated rings. The zero-order chi connectivity index (χ0) is 28.1. The third kappa shape index (κ3) is 4.46.